The first-order valence-corrected chi connectivity index (χ1v) is 8.00. The van der Waals surface area contributed by atoms with Gasteiger partial charge in [-0.2, -0.15) is 0 Å². The lowest BCUT2D eigenvalue weighted by Gasteiger charge is -2.34. The number of hydrogen-bond acceptors (Lipinski definition) is 2. The molecular weight excluding hydrogens is 299 g/mol. The summed E-state index contributed by atoms with van der Waals surface area (Å²) in [6.07, 6.45) is 0. The van der Waals surface area contributed by atoms with Crippen LogP contribution >= 0.6 is 11.6 Å². The molecule has 2 aromatic rings. The Balaban J connectivity index is 1.49. The van der Waals surface area contributed by atoms with Gasteiger partial charge in [0.25, 0.3) is 0 Å². The van der Waals surface area contributed by atoms with E-state index in [4.69, 9.17) is 11.6 Å². The van der Waals surface area contributed by atoms with Crippen molar-refractivity contribution in [3.05, 3.63) is 70.5 Å². The molecule has 0 atom stereocenters. The van der Waals surface area contributed by atoms with Gasteiger partial charge in [-0.1, -0.05) is 35.9 Å². The molecule has 0 spiro atoms. The van der Waals surface area contributed by atoms with Gasteiger partial charge in [0.05, 0.1) is 0 Å². The summed E-state index contributed by atoms with van der Waals surface area (Å²) < 4.78 is 12.9. The van der Waals surface area contributed by atoms with Crippen LogP contribution in [-0.2, 0) is 13.1 Å². The molecule has 0 amide bonds. The number of halogens is 2. The maximum absolute atomic E-state index is 12.9. The third kappa shape index (κ3) is 4.29. The summed E-state index contributed by atoms with van der Waals surface area (Å²) in [5.41, 5.74) is 2.43. The van der Waals surface area contributed by atoms with E-state index < -0.39 is 0 Å². The summed E-state index contributed by atoms with van der Waals surface area (Å²) in [7, 11) is 0. The van der Waals surface area contributed by atoms with Gasteiger partial charge in [-0.3, -0.25) is 9.80 Å². The molecule has 1 aliphatic heterocycles. The first-order chi connectivity index (χ1) is 10.7. The number of hydrogen-bond donors (Lipinski definition) is 0. The molecule has 1 aliphatic rings. The molecule has 0 bridgehead atoms. The average molecular weight is 319 g/mol. The molecule has 0 aromatic heterocycles. The average Bonchev–Trinajstić information content (AvgIpc) is 2.52. The SMILES string of the molecule is Fc1ccc(CN2CCN(Cc3cccc(Cl)c3)CC2)cc1. The van der Waals surface area contributed by atoms with Gasteiger partial charge in [-0.15, -0.1) is 0 Å². The molecule has 0 unspecified atom stereocenters. The Hall–Kier alpha value is -1.42. The van der Waals surface area contributed by atoms with Crippen molar-refractivity contribution in [2.45, 2.75) is 13.1 Å². The minimum Gasteiger partial charge on any atom is -0.297 e. The second kappa shape index (κ2) is 7.23. The molecule has 1 saturated heterocycles. The van der Waals surface area contributed by atoms with E-state index in [-0.39, 0.29) is 5.82 Å². The predicted octanol–water partition coefficient (Wildman–Crippen LogP) is 3.80. The maximum atomic E-state index is 12.9. The lowest BCUT2D eigenvalue weighted by molar-refractivity contribution is 0.122. The predicted molar refractivity (Wildman–Crippen MR) is 88.4 cm³/mol. The summed E-state index contributed by atoms with van der Waals surface area (Å²) in [5, 5.41) is 0.799. The Labute approximate surface area is 136 Å². The standard InChI is InChI=1S/C18H20ClFN2/c19-17-3-1-2-16(12-17)14-22-10-8-21(9-11-22)13-15-4-6-18(20)7-5-15/h1-7,12H,8-11,13-14H2. The van der Waals surface area contributed by atoms with Crippen molar-refractivity contribution < 1.29 is 4.39 Å². The van der Waals surface area contributed by atoms with Gasteiger partial charge in [0.1, 0.15) is 5.82 Å². The highest BCUT2D eigenvalue weighted by Gasteiger charge is 2.17. The summed E-state index contributed by atoms with van der Waals surface area (Å²) in [4.78, 5) is 4.87. The van der Waals surface area contributed by atoms with E-state index in [1.165, 1.54) is 23.3 Å². The first-order valence-electron chi connectivity index (χ1n) is 7.63. The zero-order valence-corrected chi connectivity index (χ0v) is 13.3. The zero-order chi connectivity index (χ0) is 15.4. The molecule has 1 heterocycles. The van der Waals surface area contributed by atoms with E-state index in [1.807, 2.05) is 30.3 Å². The Morgan fingerprint density at radius 2 is 1.41 bits per heavy atom. The molecule has 4 heteroatoms. The zero-order valence-electron chi connectivity index (χ0n) is 12.5. The van der Waals surface area contributed by atoms with Gasteiger partial charge >= 0.3 is 0 Å². The van der Waals surface area contributed by atoms with Crippen LogP contribution in [0.3, 0.4) is 0 Å². The molecule has 2 nitrogen and oxygen atoms in total. The van der Waals surface area contributed by atoms with Gasteiger partial charge < -0.3 is 0 Å². The minimum absolute atomic E-state index is 0.171. The van der Waals surface area contributed by atoms with E-state index in [2.05, 4.69) is 15.9 Å². The van der Waals surface area contributed by atoms with Crippen molar-refractivity contribution in [3.8, 4) is 0 Å². The molecule has 2 aromatic carbocycles. The Kier molecular flexibility index (Phi) is 5.08. The van der Waals surface area contributed by atoms with Gasteiger partial charge in [0.2, 0.25) is 0 Å². The normalized spacial score (nSPS) is 16.8. The summed E-state index contributed by atoms with van der Waals surface area (Å²) in [6, 6.07) is 14.9. The molecular formula is C18H20ClFN2. The van der Waals surface area contributed by atoms with Crippen LogP contribution in [0, 0.1) is 5.82 Å². The molecule has 0 saturated carbocycles. The second-order valence-corrected chi connectivity index (χ2v) is 6.25. The lowest BCUT2D eigenvalue weighted by atomic mass is 10.1. The highest BCUT2D eigenvalue weighted by molar-refractivity contribution is 6.30. The van der Waals surface area contributed by atoms with Crippen molar-refractivity contribution in [3.63, 3.8) is 0 Å². The van der Waals surface area contributed by atoms with Crippen molar-refractivity contribution in [1.82, 2.24) is 9.80 Å². The maximum Gasteiger partial charge on any atom is 0.123 e. The quantitative estimate of drug-likeness (QED) is 0.846. The fraction of sp³-hybridized carbons (Fsp3) is 0.333. The van der Waals surface area contributed by atoms with E-state index in [0.717, 1.165) is 44.3 Å². The number of rotatable bonds is 4. The summed E-state index contributed by atoms with van der Waals surface area (Å²) >= 11 is 6.03. The molecule has 0 N–H and O–H groups in total. The van der Waals surface area contributed by atoms with E-state index >= 15 is 0 Å². The van der Waals surface area contributed by atoms with Crippen LogP contribution in [0.25, 0.3) is 0 Å². The monoisotopic (exact) mass is 318 g/mol. The Morgan fingerprint density at radius 3 is 2.00 bits per heavy atom. The first kappa shape index (κ1) is 15.5. The van der Waals surface area contributed by atoms with Gasteiger partial charge in [0.15, 0.2) is 0 Å². The fourth-order valence-corrected chi connectivity index (χ4v) is 3.06. The molecule has 0 radical (unpaired) electrons. The van der Waals surface area contributed by atoms with Crippen LogP contribution < -0.4 is 0 Å². The lowest BCUT2D eigenvalue weighted by Crippen LogP contribution is -2.45. The fourth-order valence-electron chi connectivity index (χ4n) is 2.85. The van der Waals surface area contributed by atoms with E-state index in [0.29, 0.717) is 0 Å². The highest BCUT2D eigenvalue weighted by Crippen LogP contribution is 2.15. The summed E-state index contributed by atoms with van der Waals surface area (Å²) in [5.74, 6) is -0.171. The second-order valence-electron chi connectivity index (χ2n) is 5.81. The van der Waals surface area contributed by atoms with Crippen LogP contribution in [0.1, 0.15) is 11.1 Å². The molecule has 22 heavy (non-hydrogen) atoms. The van der Waals surface area contributed by atoms with E-state index in [9.17, 15) is 4.39 Å². The van der Waals surface area contributed by atoms with Crippen molar-refractivity contribution in [2.75, 3.05) is 26.2 Å². The van der Waals surface area contributed by atoms with E-state index in [1.54, 1.807) is 0 Å². The van der Waals surface area contributed by atoms with Crippen molar-refractivity contribution in [1.29, 1.82) is 0 Å². The van der Waals surface area contributed by atoms with Gasteiger partial charge in [-0.25, -0.2) is 4.39 Å². The smallest absolute Gasteiger partial charge is 0.123 e. The third-order valence-electron chi connectivity index (χ3n) is 4.08. The van der Waals surface area contributed by atoms with Crippen molar-refractivity contribution in [2.24, 2.45) is 0 Å². The molecule has 3 rings (SSSR count). The topological polar surface area (TPSA) is 6.48 Å². The largest absolute Gasteiger partial charge is 0.297 e. The molecule has 0 aliphatic carbocycles. The van der Waals surface area contributed by atoms with Gasteiger partial charge in [-0.05, 0) is 35.4 Å². The van der Waals surface area contributed by atoms with Crippen LogP contribution in [0.4, 0.5) is 4.39 Å². The van der Waals surface area contributed by atoms with Crippen LogP contribution in [0.15, 0.2) is 48.5 Å². The van der Waals surface area contributed by atoms with Crippen LogP contribution in [-0.4, -0.2) is 36.0 Å². The highest BCUT2D eigenvalue weighted by atomic mass is 35.5. The molecule has 1 fully saturated rings. The Bertz CT molecular complexity index is 607. The van der Waals surface area contributed by atoms with Crippen molar-refractivity contribution >= 4 is 11.6 Å². The Morgan fingerprint density at radius 1 is 0.818 bits per heavy atom. The summed E-state index contributed by atoms with van der Waals surface area (Å²) in [6.45, 7) is 6.02. The third-order valence-corrected chi connectivity index (χ3v) is 4.31. The van der Waals surface area contributed by atoms with Crippen LogP contribution in [0.2, 0.25) is 5.02 Å². The molecule has 116 valence electrons. The number of nitrogens with zero attached hydrogens (tertiary/aromatic N) is 2. The number of piperazine rings is 1. The number of benzene rings is 2. The minimum atomic E-state index is -0.171. The van der Waals surface area contributed by atoms with Gasteiger partial charge in [0, 0.05) is 44.3 Å². The van der Waals surface area contributed by atoms with Crippen LogP contribution in [0.5, 0.6) is 0 Å².